The van der Waals surface area contributed by atoms with Crippen molar-refractivity contribution in [1.82, 2.24) is 15.1 Å². The summed E-state index contributed by atoms with van der Waals surface area (Å²) < 4.78 is 5.30. The predicted molar refractivity (Wildman–Crippen MR) is 79.7 cm³/mol. The molecule has 0 aromatic rings. The van der Waals surface area contributed by atoms with Crippen LogP contribution in [0.5, 0.6) is 0 Å². The van der Waals surface area contributed by atoms with Gasteiger partial charge in [0.15, 0.2) is 0 Å². The minimum Gasteiger partial charge on any atom is -0.378 e. The van der Waals surface area contributed by atoms with Gasteiger partial charge in [0.2, 0.25) is 5.91 Å². The summed E-state index contributed by atoms with van der Waals surface area (Å²) >= 11 is 0. The highest BCUT2D eigenvalue weighted by Crippen LogP contribution is 2.16. The van der Waals surface area contributed by atoms with Gasteiger partial charge in [-0.25, -0.2) is 0 Å². The highest BCUT2D eigenvalue weighted by Gasteiger charge is 2.24. The zero-order chi connectivity index (χ0) is 14.4. The second-order valence-corrected chi connectivity index (χ2v) is 6.30. The Morgan fingerprint density at radius 1 is 1.30 bits per heavy atom. The molecule has 0 radical (unpaired) electrons. The van der Waals surface area contributed by atoms with Gasteiger partial charge in [-0.3, -0.25) is 9.69 Å². The lowest BCUT2D eigenvalue weighted by Crippen LogP contribution is -2.48. The third kappa shape index (κ3) is 5.04. The van der Waals surface area contributed by atoms with Gasteiger partial charge in [-0.1, -0.05) is 13.8 Å². The van der Waals surface area contributed by atoms with E-state index in [2.05, 4.69) is 24.1 Å². The number of carbonyl (C=O) groups is 1. The molecule has 0 saturated carbocycles. The highest BCUT2D eigenvalue weighted by molar-refractivity contribution is 5.78. The molecule has 2 rings (SSSR count). The average Bonchev–Trinajstić information content (AvgIpc) is 2.46. The van der Waals surface area contributed by atoms with Gasteiger partial charge >= 0.3 is 0 Å². The maximum absolute atomic E-state index is 12.3. The molecule has 1 unspecified atom stereocenters. The molecule has 2 aliphatic rings. The van der Waals surface area contributed by atoms with Gasteiger partial charge in [0, 0.05) is 25.7 Å². The fourth-order valence-electron chi connectivity index (χ4n) is 2.97. The topological polar surface area (TPSA) is 44.8 Å². The van der Waals surface area contributed by atoms with Crippen LogP contribution in [0.15, 0.2) is 0 Å². The number of rotatable bonds is 5. The summed E-state index contributed by atoms with van der Waals surface area (Å²) in [4.78, 5) is 16.5. The van der Waals surface area contributed by atoms with E-state index in [9.17, 15) is 4.79 Å². The van der Waals surface area contributed by atoms with Gasteiger partial charge in [0.05, 0.1) is 19.8 Å². The summed E-state index contributed by atoms with van der Waals surface area (Å²) in [6, 6.07) is 0.542. The van der Waals surface area contributed by atoms with E-state index < -0.39 is 0 Å². The monoisotopic (exact) mass is 283 g/mol. The number of likely N-dealkylation sites (tertiary alicyclic amines) is 1. The summed E-state index contributed by atoms with van der Waals surface area (Å²) in [6.07, 6.45) is 2.49. The average molecular weight is 283 g/mol. The van der Waals surface area contributed by atoms with Gasteiger partial charge in [-0.2, -0.15) is 0 Å². The van der Waals surface area contributed by atoms with Crippen molar-refractivity contribution in [3.63, 3.8) is 0 Å². The summed E-state index contributed by atoms with van der Waals surface area (Å²) in [6.45, 7) is 11.0. The fraction of sp³-hybridized carbons (Fsp3) is 0.933. The van der Waals surface area contributed by atoms with Crippen molar-refractivity contribution in [1.29, 1.82) is 0 Å². The molecular weight excluding hydrogens is 254 g/mol. The molecule has 2 heterocycles. The lowest BCUT2D eigenvalue weighted by molar-refractivity contribution is -0.136. The molecule has 5 heteroatoms. The van der Waals surface area contributed by atoms with E-state index in [1.807, 2.05) is 4.90 Å². The molecule has 0 aromatic carbocycles. The Labute approximate surface area is 122 Å². The van der Waals surface area contributed by atoms with E-state index >= 15 is 0 Å². The number of ether oxygens (including phenoxy) is 1. The SMILES string of the molecule is CC(C)NCC1CCCN(CC(=O)N2CCOCC2)C1. The molecule has 1 atom stereocenters. The second-order valence-electron chi connectivity index (χ2n) is 6.30. The van der Waals surface area contributed by atoms with Crippen molar-refractivity contribution in [2.45, 2.75) is 32.7 Å². The number of carbonyl (C=O) groups excluding carboxylic acids is 1. The maximum Gasteiger partial charge on any atom is 0.236 e. The fourth-order valence-corrected chi connectivity index (χ4v) is 2.97. The van der Waals surface area contributed by atoms with Crippen LogP contribution in [0.25, 0.3) is 0 Å². The van der Waals surface area contributed by atoms with Gasteiger partial charge in [0.25, 0.3) is 0 Å². The summed E-state index contributed by atoms with van der Waals surface area (Å²) in [5.41, 5.74) is 0. The van der Waals surface area contributed by atoms with E-state index in [0.717, 1.165) is 32.7 Å². The van der Waals surface area contributed by atoms with Crippen LogP contribution in [-0.2, 0) is 9.53 Å². The van der Waals surface area contributed by atoms with Gasteiger partial charge in [-0.05, 0) is 31.8 Å². The largest absolute Gasteiger partial charge is 0.378 e. The molecule has 0 spiro atoms. The molecule has 2 aliphatic heterocycles. The van der Waals surface area contributed by atoms with Crippen molar-refractivity contribution >= 4 is 5.91 Å². The zero-order valence-corrected chi connectivity index (χ0v) is 12.9. The minimum atomic E-state index is 0.269. The van der Waals surface area contributed by atoms with Crippen LogP contribution in [0, 0.1) is 5.92 Å². The number of nitrogens with one attached hydrogen (secondary N) is 1. The molecule has 2 fully saturated rings. The van der Waals surface area contributed by atoms with Crippen LogP contribution < -0.4 is 5.32 Å². The first-order valence-electron chi connectivity index (χ1n) is 7.96. The molecule has 0 aromatic heterocycles. The number of piperidine rings is 1. The third-order valence-corrected chi connectivity index (χ3v) is 4.14. The van der Waals surface area contributed by atoms with E-state index in [4.69, 9.17) is 4.74 Å². The lowest BCUT2D eigenvalue weighted by Gasteiger charge is -2.35. The highest BCUT2D eigenvalue weighted by atomic mass is 16.5. The molecule has 0 aliphatic carbocycles. The first kappa shape index (κ1) is 15.7. The quantitative estimate of drug-likeness (QED) is 0.800. The molecule has 20 heavy (non-hydrogen) atoms. The standard InChI is InChI=1S/C15H29N3O2/c1-13(2)16-10-14-4-3-5-17(11-14)12-15(19)18-6-8-20-9-7-18/h13-14,16H,3-12H2,1-2H3. The number of nitrogens with zero attached hydrogens (tertiary/aromatic N) is 2. The Kier molecular flexibility index (Phi) is 6.26. The predicted octanol–water partition coefficient (Wildman–Crippen LogP) is 0.555. The summed E-state index contributed by atoms with van der Waals surface area (Å²) in [7, 11) is 0. The zero-order valence-electron chi connectivity index (χ0n) is 12.9. The van der Waals surface area contributed by atoms with Gasteiger partial charge in [0.1, 0.15) is 0 Å². The number of morpholine rings is 1. The Bertz CT molecular complexity index is 303. The van der Waals surface area contributed by atoms with Crippen LogP contribution in [-0.4, -0.2) is 74.2 Å². The molecule has 2 saturated heterocycles. The normalized spacial score (nSPS) is 25.1. The van der Waals surface area contributed by atoms with Crippen LogP contribution in [0.3, 0.4) is 0 Å². The lowest BCUT2D eigenvalue weighted by atomic mass is 9.97. The maximum atomic E-state index is 12.3. The molecule has 0 bridgehead atoms. The minimum absolute atomic E-state index is 0.269. The summed E-state index contributed by atoms with van der Waals surface area (Å²) in [5.74, 6) is 0.953. The number of hydrogen-bond acceptors (Lipinski definition) is 4. The molecule has 116 valence electrons. The van der Waals surface area contributed by atoms with Crippen LogP contribution in [0.2, 0.25) is 0 Å². The first-order chi connectivity index (χ1) is 9.65. The van der Waals surface area contributed by atoms with Gasteiger partial charge < -0.3 is 15.0 Å². The number of amides is 1. The Balaban J connectivity index is 1.72. The Morgan fingerprint density at radius 2 is 2.05 bits per heavy atom. The Hall–Kier alpha value is -0.650. The molecular formula is C15H29N3O2. The van der Waals surface area contributed by atoms with E-state index in [0.29, 0.717) is 31.7 Å². The van der Waals surface area contributed by atoms with Crippen molar-refractivity contribution in [2.24, 2.45) is 5.92 Å². The third-order valence-electron chi connectivity index (χ3n) is 4.14. The second kappa shape index (κ2) is 7.96. The molecule has 1 amide bonds. The van der Waals surface area contributed by atoms with Crippen molar-refractivity contribution in [3.05, 3.63) is 0 Å². The summed E-state index contributed by atoms with van der Waals surface area (Å²) in [5, 5.41) is 3.51. The van der Waals surface area contributed by atoms with Crippen LogP contribution >= 0.6 is 0 Å². The number of hydrogen-bond donors (Lipinski definition) is 1. The van der Waals surface area contributed by atoms with Crippen LogP contribution in [0.4, 0.5) is 0 Å². The van der Waals surface area contributed by atoms with Crippen molar-refractivity contribution in [3.8, 4) is 0 Å². The Morgan fingerprint density at radius 3 is 2.75 bits per heavy atom. The van der Waals surface area contributed by atoms with E-state index in [1.54, 1.807) is 0 Å². The smallest absolute Gasteiger partial charge is 0.236 e. The van der Waals surface area contributed by atoms with Crippen molar-refractivity contribution < 1.29 is 9.53 Å². The first-order valence-corrected chi connectivity index (χ1v) is 7.96. The van der Waals surface area contributed by atoms with Gasteiger partial charge in [-0.15, -0.1) is 0 Å². The van der Waals surface area contributed by atoms with E-state index in [1.165, 1.54) is 12.8 Å². The molecule has 1 N–H and O–H groups in total. The van der Waals surface area contributed by atoms with E-state index in [-0.39, 0.29) is 5.91 Å². The molecule has 5 nitrogen and oxygen atoms in total. The van der Waals surface area contributed by atoms with Crippen molar-refractivity contribution in [2.75, 3.05) is 52.5 Å². The van der Waals surface area contributed by atoms with Crippen LogP contribution in [0.1, 0.15) is 26.7 Å².